The maximum Gasteiger partial charge on any atom is 0.315 e. The van der Waals surface area contributed by atoms with Crippen LogP contribution < -0.4 is 0 Å². The lowest BCUT2D eigenvalue weighted by Crippen LogP contribution is -2.36. The molecule has 1 aliphatic heterocycles. The first kappa shape index (κ1) is 9.84. The molecular formula is C7H7F3N2O. The van der Waals surface area contributed by atoms with Crippen LogP contribution in [0.2, 0.25) is 0 Å². The number of carbonyl (C=O) groups excluding carboxylic acids is 1. The third-order valence-electron chi connectivity index (χ3n) is 1.92. The number of halogens is 3. The van der Waals surface area contributed by atoms with Gasteiger partial charge in [-0.1, -0.05) is 0 Å². The van der Waals surface area contributed by atoms with E-state index in [1.54, 1.807) is 0 Å². The first-order valence-corrected chi connectivity index (χ1v) is 3.65. The van der Waals surface area contributed by atoms with E-state index in [9.17, 15) is 18.0 Å². The summed E-state index contributed by atoms with van der Waals surface area (Å²) in [7, 11) is 0. The van der Waals surface area contributed by atoms with Crippen molar-refractivity contribution in [2.24, 2.45) is 0 Å². The van der Waals surface area contributed by atoms with Crippen molar-refractivity contribution in [1.82, 2.24) is 4.90 Å². The van der Waals surface area contributed by atoms with Crippen LogP contribution in [0.4, 0.5) is 13.2 Å². The van der Waals surface area contributed by atoms with Gasteiger partial charge in [0.2, 0.25) is 5.67 Å². The minimum atomic E-state index is -3.12. The van der Waals surface area contributed by atoms with Crippen molar-refractivity contribution in [3.8, 4) is 6.07 Å². The SMILES string of the molecule is N#CC1(F)CCN(C(=O)C(F)F)C1. The van der Waals surface area contributed by atoms with Gasteiger partial charge in [-0.3, -0.25) is 4.79 Å². The Hall–Kier alpha value is -1.25. The molecule has 1 aliphatic rings. The Labute approximate surface area is 72.7 Å². The quantitative estimate of drug-likeness (QED) is 0.614. The van der Waals surface area contributed by atoms with Crippen molar-refractivity contribution in [3.63, 3.8) is 0 Å². The molecule has 0 saturated carbocycles. The van der Waals surface area contributed by atoms with Gasteiger partial charge in [0, 0.05) is 13.0 Å². The average Bonchev–Trinajstić information content (AvgIpc) is 2.47. The topological polar surface area (TPSA) is 44.1 Å². The second-order valence-electron chi connectivity index (χ2n) is 2.89. The number of carbonyl (C=O) groups is 1. The number of hydrogen-bond acceptors (Lipinski definition) is 2. The molecule has 1 heterocycles. The van der Waals surface area contributed by atoms with Crippen LogP contribution in [-0.4, -0.2) is 36.0 Å². The van der Waals surface area contributed by atoms with Crippen LogP contribution in [0.25, 0.3) is 0 Å². The summed E-state index contributed by atoms with van der Waals surface area (Å²) in [4.78, 5) is 11.3. The van der Waals surface area contributed by atoms with Crippen LogP contribution in [0.3, 0.4) is 0 Å². The molecule has 0 aliphatic carbocycles. The molecule has 1 amide bonds. The van der Waals surface area contributed by atoms with Gasteiger partial charge in [-0.15, -0.1) is 0 Å². The predicted octanol–water partition coefficient (Wildman–Crippen LogP) is 0.716. The molecule has 1 unspecified atom stereocenters. The zero-order valence-electron chi connectivity index (χ0n) is 6.64. The first-order chi connectivity index (χ1) is 5.98. The number of nitrogens with zero attached hydrogens (tertiary/aromatic N) is 2. The molecule has 0 bridgehead atoms. The Morgan fingerprint density at radius 1 is 1.62 bits per heavy atom. The van der Waals surface area contributed by atoms with Gasteiger partial charge in [0.15, 0.2) is 0 Å². The van der Waals surface area contributed by atoms with Crippen molar-refractivity contribution in [3.05, 3.63) is 0 Å². The van der Waals surface area contributed by atoms with Gasteiger partial charge in [-0.2, -0.15) is 14.0 Å². The van der Waals surface area contributed by atoms with E-state index in [1.165, 1.54) is 6.07 Å². The number of nitriles is 1. The fourth-order valence-electron chi connectivity index (χ4n) is 1.19. The van der Waals surface area contributed by atoms with E-state index in [-0.39, 0.29) is 13.0 Å². The molecule has 0 spiro atoms. The van der Waals surface area contributed by atoms with Crippen LogP contribution in [0.1, 0.15) is 6.42 Å². The van der Waals surface area contributed by atoms with Crippen molar-refractivity contribution in [2.45, 2.75) is 18.5 Å². The summed E-state index contributed by atoms with van der Waals surface area (Å²) in [5.74, 6) is -1.41. The lowest BCUT2D eigenvalue weighted by Gasteiger charge is -2.15. The number of likely N-dealkylation sites (tertiary alicyclic amines) is 1. The van der Waals surface area contributed by atoms with Crippen LogP contribution in [0.5, 0.6) is 0 Å². The van der Waals surface area contributed by atoms with Gasteiger partial charge in [-0.25, -0.2) is 4.39 Å². The average molecular weight is 192 g/mol. The molecule has 0 radical (unpaired) electrons. The highest BCUT2D eigenvalue weighted by Gasteiger charge is 2.42. The second kappa shape index (κ2) is 3.24. The summed E-state index contributed by atoms with van der Waals surface area (Å²) in [5, 5.41) is 8.31. The van der Waals surface area contributed by atoms with E-state index in [0.717, 1.165) is 0 Å². The zero-order valence-corrected chi connectivity index (χ0v) is 6.64. The summed E-state index contributed by atoms with van der Waals surface area (Å²) in [6.07, 6.45) is -3.32. The maximum absolute atomic E-state index is 13.1. The Balaban J connectivity index is 2.61. The van der Waals surface area contributed by atoms with Crippen LogP contribution in [-0.2, 0) is 4.79 Å². The summed E-state index contributed by atoms with van der Waals surface area (Å²) in [5.41, 5.74) is -2.15. The normalized spacial score (nSPS) is 27.8. The molecule has 13 heavy (non-hydrogen) atoms. The smallest absolute Gasteiger partial charge is 0.315 e. The zero-order chi connectivity index (χ0) is 10.1. The minimum Gasteiger partial charge on any atom is -0.333 e. The summed E-state index contributed by atoms with van der Waals surface area (Å²) in [6, 6.07) is 1.36. The monoisotopic (exact) mass is 192 g/mol. The Morgan fingerprint density at radius 2 is 2.23 bits per heavy atom. The molecule has 6 heteroatoms. The van der Waals surface area contributed by atoms with Gasteiger partial charge in [0.1, 0.15) is 6.07 Å². The number of hydrogen-bond donors (Lipinski definition) is 0. The Kier molecular flexibility index (Phi) is 2.45. The van der Waals surface area contributed by atoms with E-state index in [4.69, 9.17) is 5.26 Å². The van der Waals surface area contributed by atoms with Crippen LogP contribution >= 0.6 is 0 Å². The Bertz CT molecular complexity index is 263. The Morgan fingerprint density at radius 3 is 2.62 bits per heavy atom. The van der Waals surface area contributed by atoms with E-state index in [1.807, 2.05) is 0 Å². The number of rotatable bonds is 1. The second-order valence-corrected chi connectivity index (χ2v) is 2.89. The van der Waals surface area contributed by atoms with Gasteiger partial charge >= 0.3 is 6.43 Å². The van der Waals surface area contributed by atoms with Gasteiger partial charge in [0.25, 0.3) is 5.91 Å². The minimum absolute atomic E-state index is 0.118. The largest absolute Gasteiger partial charge is 0.333 e. The molecule has 72 valence electrons. The summed E-state index contributed by atoms with van der Waals surface area (Å²) >= 11 is 0. The molecular weight excluding hydrogens is 185 g/mol. The molecule has 0 aromatic carbocycles. The van der Waals surface area contributed by atoms with Crippen molar-refractivity contribution in [1.29, 1.82) is 5.26 Å². The summed E-state index contributed by atoms with van der Waals surface area (Å²) in [6.45, 7) is -0.667. The third-order valence-corrected chi connectivity index (χ3v) is 1.92. The van der Waals surface area contributed by atoms with E-state index < -0.39 is 24.5 Å². The standard InChI is InChI=1S/C7H7F3N2O/c8-5(9)6(13)12-2-1-7(10,3-11)4-12/h5H,1-2,4H2. The van der Waals surface area contributed by atoms with Crippen molar-refractivity contribution < 1.29 is 18.0 Å². The van der Waals surface area contributed by atoms with Crippen LogP contribution in [0.15, 0.2) is 0 Å². The maximum atomic E-state index is 13.1. The molecule has 0 aromatic rings. The van der Waals surface area contributed by atoms with E-state index >= 15 is 0 Å². The van der Waals surface area contributed by atoms with Gasteiger partial charge in [0.05, 0.1) is 6.54 Å². The lowest BCUT2D eigenvalue weighted by atomic mass is 10.1. The molecule has 1 fully saturated rings. The highest BCUT2D eigenvalue weighted by molar-refractivity contribution is 5.79. The molecule has 1 atom stereocenters. The predicted molar refractivity (Wildman–Crippen MR) is 36.7 cm³/mol. The number of alkyl halides is 3. The van der Waals surface area contributed by atoms with E-state index in [2.05, 4.69) is 0 Å². The molecule has 0 aromatic heterocycles. The number of amides is 1. The summed E-state index contributed by atoms with van der Waals surface area (Å²) < 4.78 is 36.8. The molecule has 3 nitrogen and oxygen atoms in total. The van der Waals surface area contributed by atoms with Crippen LogP contribution in [0, 0.1) is 11.3 Å². The van der Waals surface area contributed by atoms with Crippen molar-refractivity contribution in [2.75, 3.05) is 13.1 Å². The molecule has 1 saturated heterocycles. The highest BCUT2D eigenvalue weighted by Crippen LogP contribution is 2.25. The first-order valence-electron chi connectivity index (χ1n) is 3.65. The van der Waals surface area contributed by atoms with Gasteiger partial charge < -0.3 is 4.90 Å². The highest BCUT2D eigenvalue weighted by atomic mass is 19.3. The van der Waals surface area contributed by atoms with E-state index in [0.29, 0.717) is 4.90 Å². The van der Waals surface area contributed by atoms with Gasteiger partial charge in [-0.05, 0) is 0 Å². The third kappa shape index (κ3) is 1.91. The van der Waals surface area contributed by atoms with Crippen molar-refractivity contribution >= 4 is 5.91 Å². The fourth-order valence-corrected chi connectivity index (χ4v) is 1.19. The fraction of sp³-hybridized carbons (Fsp3) is 0.714. The lowest BCUT2D eigenvalue weighted by molar-refractivity contribution is -0.142. The molecule has 0 N–H and O–H groups in total. The molecule has 1 rings (SSSR count).